The quantitative estimate of drug-likeness (QED) is 0.891. The maximum absolute atomic E-state index is 9.16. The molecule has 1 N–H and O–H groups in total. The molecule has 1 aromatic heterocycles. The Morgan fingerprint density at radius 1 is 1.61 bits per heavy atom. The van der Waals surface area contributed by atoms with Crippen molar-refractivity contribution in [3.63, 3.8) is 0 Å². The van der Waals surface area contributed by atoms with Gasteiger partial charge in [0, 0.05) is 30.0 Å². The first-order valence-electron chi connectivity index (χ1n) is 7.00. The molecule has 102 valence electrons. The first-order valence-corrected chi connectivity index (χ1v) is 7.82. The predicted molar refractivity (Wildman–Crippen MR) is 76.2 cm³/mol. The number of likely N-dealkylation sites (tertiary alicyclic amines) is 1. The van der Waals surface area contributed by atoms with E-state index in [0.717, 1.165) is 12.3 Å². The number of aliphatic hydroxyl groups is 1. The van der Waals surface area contributed by atoms with Crippen LogP contribution in [0.15, 0.2) is 6.20 Å². The normalized spacial score (nSPS) is 23.2. The van der Waals surface area contributed by atoms with E-state index in [1.54, 1.807) is 11.3 Å². The average Bonchev–Trinajstić information content (AvgIpc) is 2.86. The Hall–Kier alpha value is -0.450. The summed E-state index contributed by atoms with van der Waals surface area (Å²) in [6.45, 7) is 8.16. The fourth-order valence-electron chi connectivity index (χ4n) is 2.59. The summed E-state index contributed by atoms with van der Waals surface area (Å²) < 4.78 is 0. The van der Waals surface area contributed by atoms with Crippen LogP contribution in [0.4, 0.5) is 0 Å². The molecule has 2 unspecified atom stereocenters. The minimum atomic E-state index is 0.217. The maximum atomic E-state index is 9.16. The Morgan fingerprint density at radius 3 is 3.17 bits per heavy atom. The second-order valence-electron chi connectivity index (χ2n) is 5.35. The molecule has 2 rings (SSSR count). The van der Waals surface area contributed by atoms with Crippen LogP contribution in [-0.2, 0) is 6.42 Å². The largest absolute Gasteiger partial charge is 0.396 e. The van der Waals surface area contributed by atoms with Crippen molar-refractivity contribution in [3.8, 4) is 0 Å². The fourth-order valence-corrected chi connectivity index (χ4v) is 3.67. The van der Waals surface area contributed by atoms with Crippen LogP contribution in [0.1, 0.15) is 42.5 Å². The molecule has 0 saturated carbocycles. The molecule has 1 fully saturated rings. The van der Waals surface area contributed by atoms with Crippen molar-refractivity contribution in [3.05, 3.63) is 16.1 Å². The van der Waals surface area contributed by atoms with Crippen LogP contribution >= 0.6 is 11.3 Å². The lowest BCUT2D eigenvalue weighted by Crippen LogP contribution is -2.35. The van der Waals surface area contributed by atoms with E-state index in [4.69, 9.17) is 5.11 Å². The van der Waals surface area contributed by atoms with Gasteiger partial charge < -0.3 is 10.0 Å². The van der Waals surface area contributed by atoms with Crippen molar-refractivity contribution in [2.75, 3.05) is 26.2 Å². The highest BCUT2D eigenvalue weighted by molar-refractivity contribution is 7.11. The summed E-state index contributed by atoms with van der Waals surface area (Å²) in [6, 6.07) is 0. The summed E-state index contributed by atoms with van der Waals surface area (Å²) in [5.74, 6) is 0.997. The van der Waals surface area contributed by atoms with E-state index >= 15 is 0 Å². The van der Waals surface area contributed by atoms with Gasteiger partial charge in [-0.1, -0.05) is 13.8 Å². The van der Waals surface area contributed by atoms with E-state index in [0.29, 0.717) is 0 Å². The van der Waals surface area contributed by atoms with Crippen molar-refractivity contribution in [2.45, 2.75) is 39.0 Å². The van der Waals surface area contributed by atoms with Gasteiger partial charge in [-0.05, 0) is 31.8 Å². The Morgan fingerprint density at radius 2 is 2.44 bits per heavy atom. The summed E-state index contributed by atoms with van der Waals surface area (Å²) in [5, 5.41) is 10.4. The third kappa shape index (κ3) is 3.53. The molecule has 3 nitrogen and oxygen atoms in total. The van der Waals surface area contributed by atoms with Crippen LogP contribution in [0.3, 0.4) is 0 Å². The average molecular weight is 268 g/mol. The molecular formula is C14H24N2OS. The molecule has 0 amide bonds. The summed E-state index contributed by atoms with van der Waals surface area (Å²) in [5.41, 5.74) is 0. The third-order valence-corrected chi connectivity index (χ3v) is 5.10. The highest BCUT2D eigenvalue weighted by Crippen LogP contribution is 2.26. The second-order valence-corrected chi connectivity index (χ2v) is 6.49. The monoisotopic (exact) mass is 268 g/mol. The van der Waals surface area contributed by atoms with Gasteiger partial charge in [-0.2, -0.15) is 0 Å². The number of hydrogen-bond donors (Lipinski definition) is 1. The second kappa shape index (κ2) is 6.64. The smallest absolute Gasteiger partial charge is 0.0931 e. The zero-order valence-electron chi connectivity index (χ0n) is 11.4. The zero-order valence-corrected chi connectivity index (χ0v) is 12.2. The molecule has 4 heteroatoms. The molecule has 0 spiro atoms. The molecule has 1 aliphatic heterocycles. The lowest BCUT2D eigenvalue weighted by atomic mass is 9.95. The van der Waals surface area contributed by atoms with Gasteiger partial charge in [-0.3, -0.25) is 0 Å². The van der Waals surface area contributed by atoms with Crippen molar-refractivity contribution in [1.82, 2.24) is 9.88 Å². The lowest BCUT2D eigenvalue weighted by molar-refractivity contribution is 0.182. The van der Waals surface area contributed by atoms with Gasteiger partial charge in [-0.25, -0.2) is 4.98 Å². The molecular weight excluding hydrogens is 244 g/mol. The number of aromatic nitrogens is 1. The first kappa shape index (κ1) is 14.0. The van der Waals surface area contributed by atoms with E-state index in [1.807, 2.05) is 6.20 Å². The summed E-state index contributed by atoms with van der Waals surface area (Å²) in [7, 11) is 0. The number of nitrogens with zero attached hydrogens (tertiary/aromatic N) is 2. The van der Waals surface area contributed by atoms with E-state index < -0.39 is 0 Å². The van der Waals surface area contributed by atoms with Crippen LogP contribution in [0.2, 0.25) is 0 Å². The van der Waals surface area contributed by atoms with Crippen LogP contribution in [0.25, 0.3) is 0 Å². The van der Waals surface area contributed by atoms with Crippen molar-refractivity contribution in [1.29, 1.82) is 0 Å². The standard InChI is InChI=1S/C14H24N2OS/c1-3-16-6-4-5-12(9-16)7-14-15-8-13(18-14)11(2)10-17/h8,11-12,17H,3-7,9-10H2,1-2H3. The van der Waals surface area contributed by atoms with Crippen LogP contribution in [-0.4, -0.2) is 41.2 Å². The molecule has 1 saturated heterocycles. The molecule has 0 aliphatic carbocycles. The van der Waals surface area contributed by atoms with E-state index in [2.05, 4.69) is 23.7 Å². The topological polar surface area (TPSA) is 36.4 Å². The molecule has 1 aromatic rings. The Balaban J connectivity index is 1.90. The van der Waals surface area contributed by atoms with E-state index in [-0.39, 0.29) is 12.5 Å². The summed E-state index contributed by atoms with van der Waals surface area (Å²) in [6.07, 6.45) is 5.71. The van der Waals surface area contributed by atoms with Gasteiger partial charge in [0.15, 0.2) is 0 Å². The fraction of sp³-hybridized carbons (Fsp3) is 0.786. The van der Waals surface area contributed by atoms with Crippen molar-refractivity contribution < 1.29 is 5.11 Å². The van der Waals surface area contributed by atoms with Crippen LogP contribution in [0, 0.1) is 5.92 Å². The number of aliphatic hydroxyl groups excluding tert-OH is 1. The molecule has 18 heavy (non-hydrogen) atoms. The van der Waals surface area contributed by atoms with Crippen molar-refractivity contribution >= 4 is 11.3 Å². The SMILES string of the molecule is CCN1CCCC(Cc2ncc(C(C)CO)s2)C1. The number of piperidine rings is 1. The molecule has 1 aliphatic rings. The Bertz CT molecular complexity index is 366. The highest BCUT2D eigenvalue weighted by Gasteiger charge is 2.20. The van der Waals surface area contributed by atoms with Gasteiger partial charge in [0.05, 0.1) is 11.6 Å². The number of hydrogen-bond acceptors (Lipinski definition) is 4. The van der Waals surface area contributed by atoms with Crippen LogP contribution in [0.5, 0.6) is 0 Å². The van der Waals surface area contributed by atoms with Gasteiger partial charge in [0.2, 0.25) is 0 Å². The summed E-state index contributed by atoms with van der Waals surface area (Å²) in [4.78, 5) is 8.28. The lowest BCUT2D eigenvalue weighted by Gasteiger charge is -2.31. The zero-order chi connectivity index (χ0) is 13.0. The third-order valence-electron chi connectivity index (χ3n) is 3.84. The van der Waals surface area contributed by atoms with Gasteiger partial charge >= 0.3 is 0 Å². The van der Waals surface area contributed by atoms with E-state index in [1.165, 1.54) is 42.4 Å². The van der Waals surface area contributed by atoms with Gasteiger partial charge in [0.1, 0.15) is 0 Å². The maximum Gasteiger partial charge on any atom is 0.0931 e. The minimum Gasteiger partial charge on any atom is -0.396 e. The Labute approximate surface area is 114 Å². The molecule has 0 aromatic carbocycles. The molecule has 0 radical (unpaired) electrons. The number of rotatable bonds is 5. The van der Waals surface area contributed by atoms with E-state index in [9.17, 15) is 0 Å². The first-order chi connectivity index (χ1) is 8.72. The van der Waals surface area contributed by atoms with Crippen LogP contribution < -0.4 is 0 Å². The van der Waals surface area contributed by atoms with Gasteiger partial charge in [-0.15, -0.1) is 11.3 Å². The number of thiazole rings is 1. The molecule has 0 bridgehead atoms. The molecule has 2 heterocycles. The predicted octanol–water partition coefficient (Wildman–Crippen LogP) is 2.51. The minimum absolute atomic E-state index is 0.217. The van der Waals surface area contributed by atoms with Gasteiger partial charge in [0.25, 0.3) is 0 Å². The van der Waals surface area contributed by atoms with Crippen molar-refractivity contribution in [2.24, 2.45) is 5.92 Å². The Kier molecular flexibility index (Phi) is 5.15. The highest BCUT2D eigenvalue weighted by atomic mass is 32.1. The summed E-state index contributed by atoms with van der Waals surface area (Å²) >= 11 is 1.78. The molecule has 2 atom stereocenters.